The molecule has 0 amide bonds. The highest BCUT2D eigenvalue weighted by Gasteiger charge is 2.43. The van der Waals surface area contributed by atoms with Crippen LogP contribution in [0, 0.1) is 32.6 Å². The predicted molar refractivity (Wildman–Crippen MR) is 97.8 cm³/mol. The number of rotatable bonds is 3. The fourth-order valence-electron chi connectivity index (χ4n) is 4.64. The van der Waals surface area contributed by atoms with Crippen molar-refractivity contribution in [2.24, 2.45) is 11.8 Å². The van der Waals surface area contributed by atoms with E-state index in [0.717, 1.165) is 23.1 Å². The molecule has 1 saturated heterocycles. The van der Waals surface area contributed by atoms with Crippen molar-refractivity contribution < 1.29 is 14.9 Å². The van der Waals surface area contributed by atoms with Crippen LogP contribution in [-0.4, -0.2) is 24.7 Å². The summed E-state index contributed by atoms with van der Waals surface area (Å²) in [6.07, 6.45) is 3.74. The van der Waals surface area contributed by atoms with Gasteiger partial charge in [0, 0.05) is 12.3 Å². The molecule has 2 atom stereocenters. The SMILES string of the molecule is Cc1cc(C)c(C2C(=O)CC(CC3CC[NH2+]CC3)C2=O)c(C)c1.Cl. The Hall–Kier alpha value is -1.19. The molecule has 2 N–H and O–H groups in total. The Morgan fingerprint density at radius 1 is 1.04 bits per heavy atom. The van der Waals surface area contributed by atoms with Crippen LogP contribution in [0.1, 0.15) is 53.9 Å². The first kappa shape index (κ1) is 19.1. The lowest BCUT2D eigenvalue weighted by atomic mass is 9.83. The van der Waals surface area contributed by atoms with E-state index in [9.17, 15) is 9.59 Å². The monoisotopic (exact) mass is 350 g/mol. The van der Waals surface area contributed by atoms with Crippen molar-refractivity contribution in [1.82, 2.24) is 0 Å². The Kier molecular flexibility index (Phi) is 6.22. The molecule has 1 saturated carbocycles. The van der Waals surface area contributed by atoms with E-state index in [4.69, 9.17) is 0 Å². The molecule has 2 unspecified atom stereocenters. The quantitative estimate of drug-likeness (QED) is 0.852. The maximum Gasteiger partial charge on any atom is 0.151 e. The molecular formula is C20H29ClNO2+. The number of quaternary nitrogens is 1. The molecule has 24 heavy (non-hydrogen) atoms. The number of halogens is 1. The van der Waals surface area contributed by atoms with E-state index in [1.807, 2.05) is 13.8 Å². The lowest BCUT2D eigenvalue weighted by molar-refractivity contribution is -0.664. The van der Waals surface area contributed by atoms with Crippen molar-refractivity contribution in [2.45, 2.75) is 52.4 Å². The number of ketones is 2. The fourth-order valence-corrected chi connectivity index (χ4v) is 4.64. The van der Waals surface area contributed by atoms with Crippen LogP contribution in [0.4, 0.5) is 0 Å². The van der Waals surface area contributed by atoms with Gasteiger partial charge in [-0.25, -0.2) is 0 Å². The smallest absolute Gasteiger partial charge is 0.151 e. The molecule has 0 spiro atoms. The van der Waals surface area contributed by atoms with Gasteiger partial charge in [-0.15, -0.1) is 12.4 Å². The molecule has 1 aliphatic heterocycles. The average molecular weight is 351 g/mol. The van der Waals surface area contributed by atoms with Crippen LogP contribution < -0.4 is 5.32 Å². The van der Waals surface area contributed by atoms with Crippen LogP contribution in [0.3, 0.4) is 0 Å². The number of piperidine rings is 1. The summed E-state index contributed by atoms with van der Waals surface area (Å²) < 4.78 is 0. The Balaban J connectivity index is 0.00000208. The summed E-state index contributed by atoms with van der Waals surface area (Å²) in [5.41, 5.74) is 4.34. The first-order valence-electron chi connectivity index (χ1n) is 8.93. The number of benzene rings is 1. The zero-order chi connectivity index (χ0) is 16.6. The molecule has 1 heterocycles. The molecule has 4 heteroatoms. The van der Waals surface area contributed by atoms with Gasteiger partial charge in [-0.05, 0) is 62.6 Å². The van der Waals surface area contributed by atoms with Gasteiger partial charge in [0.15, 0.2) is 5.78 Å². The maximum absolute atomic E-state index is 13.0. The van der Waals surface area contributed by atoms with E-state index in [1.54, 1.807) is 0 Å². The van der Waals surface area contributed by atoms with Gasteiger partial charge < -0.3 is 5.32 Å². The van der Waals surface area contributed by atoms with Crippen LogP contribution in [0.5, 0.6) is 0 Å². The number of aryl methyl sites for hydroxylation is 3. The van der Waals surface area contributed by atoms with Crippen LogP contribution >= 0.6 is 12.4 Å². The first-order valence-corrected chi connectivity index (χ1v) is 8.93. The second-order valence-electron chi connectivity index (χ2n) is 7.56. The van der Waals surface area contributed by atoms with Gasteiger partial charge in [0.05, 0.1) is 13.1 Å². The van der Waals surface area contributed by atoms with Gasteiger partial charge in [-0.3, -0.25) is 9.59 Å². The van der Waals surface area contributed by atoms with Crippen molar-refractivity contribution in [1.29, 1.82) is 0 Å². The predicted octanol–water partition coefficient (Wildman–Crippen LogP) is 2.64. The highest BCUT2D eigenvalue weighted by molar-refractivity contribution is 6.14. The average Bonchev–Trinajstić information content (AvgIpc) is 2.75. The molecule has 3 nitrogen and oxygen atoms in total. The fraction of sp³-hybridized carbons (Fsp3) is 0.600. The van der Waals surface area contributed by atoms with Crippen molar-refractivity contribution >= 4 is 24.0 Å². The second-order valence-corrected chi connectivity index (χ2v) is 7.56. The summed E-state index contributed by atoms with van der Waals surface area (Å²) in [4.78, 5) is 25.6. The second kappa shape index (κ2) is 7.79. The molecule has 1 aromatic carbocycles. The summed E-state index contributed by atoms with van der Waals surface area (Å²) in [5, 5.41) is 2.35. The molecule has 2 fully saturated rings. The van der Waals surface area contributed by atoms with E-state index in [-0.39, 0.29) is 29.9 Å². The third-order valence-corrected chi connectivity index (χ3v) is 5.66. The summed E-state index contributed by atoms with van der Waals surface area (Å²) in [6.45, 7) is 8.45. The Morgan fingerprint density at radius 3 is 2.21 bits per heavy atom. The van der Waals surface area contributed by atoms with Crippen LogP contribution in [0.2, 0.25) is 0 Å². The lowest BCUT2D eigenvalue weighted by Crippen LogP contribution is -2.86. The molecule has 0 radical (unpaired) electrons. The summed E-state index contributed by atoms with van der Waals surface area (Å²) in [5.74, 6) is 0.393. The van der Waals surface area contributed by atoms with E-state index < -0.39 is 5.92 Å². The van der Waals surface area contributed by atoms with Crippen LogP contribution in [0.15, 0.2) is 12.1 Å². The molecule has 132 valence electrons. The molecule has 2 aliphatic rings. The molecule has 0 aromatic heterocycles. The van der Waals surface area contributed by atoms with Crippen LogP contribution in [-0.2, 0) is 9.59 Å². The molecule has 0 bridgehead atoms. The van der Waals surface area contributed by atoms with E-state index >= 15 is 0 Å². The normalized spacial score (nSPS) is 25.0. The third-order valence-electron chi connectivity index (χ3n) is 5.66. The van der Waals surface area contributed by atoms with Crippen molar-refractivity contribution in [3.05, 3.63) is 34.4 Å². The van der Waals surface area contributed by atoms with Crippen molar-refractivity contribution in [3.8, 4) is 0 Å². The van der Waals surface area contributed by atoms with Crippen molar-refractivity contribution in [3.63, 3.8) is 0 Å². The molecular weight excluding hydrogens is 322 g/mol. The van der Waals surface area contributed by atoms with Gasteiger partial charge in [0.1, 0.15) is 11.7 Å². The number of carbonyl (C=O) groups is 2. The summed E-state index contributed by atoms with van der Waals surface area (Å²) in [6, 6.07) is 4.18. The lowest BCUT2D eigenvalue weighted by Gasteiger charge is -2.22. The van der Waals surface area contributed by atoms with E-state index in [0.29, 0.717) is 12.3 Å². The topological polar surface area (TPSA) is 50.8 Å². The Labute approximate surface area is 151 Å². The Morgan fingerprint density at radius 2 is 1.62 bits per heavy atom. The van der Waals surface area contributed by atoms with Crippen molar-refractivity contribution in [2.75, 3.05) is 13.1 Å². The highest BCUT2D eigenvalue weighted by Crippen LogP contribution is 2.39. The Bertz CT molecular complexity index is 612. The summed E-state index contributed by atoms with van der Waals surface area (Å²) in [7, 11) is 0. The largest absolute Gasteiger partial charge is 0.346 e. The first-order chi connectivity index (χ1) is 11.0. The zero-order valence-electron chi connectivity index (χ0n) is 14.9. The number of Topliss-reactive ketones (excluding diaryl/α,β-unsaturated/α-hetero) is 2. The number of carbonyl (C=O) groups excluding carboxylic acids is 2. The molecule has 1 aliphatic carbocycles. The molecule has 3 rings (SSSR count). The minimum atomic E-state index is -0.504. The van der Waals surface area contributed by atoms with Gasteiger partial charge in [0.25, 0.3) is 0 Å². The van der Waals surface area contributed by atoms with Crippen LogP contribution in [0.25, 0.3) is 0 Å². The zero-order valence-corrected chi connectivity index (χ0v) is 15.7. The molecule has 1 aromatic rings. The number of hydrogen-bond acceptors (Lipinski definition) is 2. The number of nitrogens with two attached hydrogens (primary N) is 1. The standard InChI is InChI=1S/C20H27NO2.ClH/c1-12-8-13(2)18(14(3)9-12)19-17(22)11-16(20(19)23)10-15-4-6-21-7-5-15;/h8-9,15-16,19,21H,4-7,10-11H2,1-3H3;1H/p+1. The summed E-state index contributed by atoms with van der Waals surface area (Å²) >= 11 is 0. The van der Waals surface area contributed by atoms with Gasteiger partial charge >= 0.3 is 0 Å². The maximum atomic E-state index is 13.0. The highest BCUT2D eigenvalue weighted by atomic mass is 35.5. The van der Waals surface area contributed by atoms with E-state index in [2.05, 4.69) is 24.4 Å². The third kappa shape index (κ3) is 3.73. The minimum absolute atomic E-state index is 0. The minimum Gasteiger partial charge on any atom is -0.346 e. The van der Waals surface area contributed by atoms with Gasteiger partial charge in [-0.2, -0.15) is 0 Å². The van der Waals surface area contributed by atoms with Gasteiger partial charge in [-0.1, -0.05) is 17.7 Å². The van der Waals surface area contributed by atoms with Gasteiger partial charge in [0.2, 0.25) is 0 Å². The van der Waals surface area contributed by atoms with E-state index in [1.165, 1.54) is 31.5 Å². The number of hydrogen-bond donors (Lipinski definition) is 1.